The summed E-state index contributed by atoms with van der Waals surface area (Å²) in [5, 5.41) is 14.9. The van der Waals surface area contributed by atoms with Crippen LogP contribution in [-0.2, 0) is 13.6 Å². The zero-order valence-corrected chi connectivity index (χ0v) is 11.4. The van der Waals surface area contributed by atoms with E-state index in [0.717, 1.165) is 24.0 Å². The number of hydrogen-bond acceptors (Lipinski definition) is 5. The number of nitrogens with one attached hydrogen (secondary N) is 1. The molecule has 0 aliphatic heterocycles. The Kier molecular flexibility index (Phi) is 3.13. The van der Waals surface area contributed by atoms with Crippen molar-refractivity contribution in [2.75, 3.05) is 0 Å². The summed E-state index contributed by atoms with van der Waals surface area (Å²) in [6.45, 7) is 2.79. The Bertz CT molecular complexity index is 528. The molecule has 1 N–H and O–H groups in total. The van der Waals surface area contributed by atoms with Gasteiger partial charge in [0.05, 0.1) is 12.6 Å². The molecule has 1 aliphatic carbocycles. The number of rotatable bonds is 5. The van der Waals surface area contributed by atoms with E-state index in [-0.39, 0.29) is 0 Å². The van der Waals surface area contributed by atoms with Gasteiger partial charge in [-0.05, 0) is 25.7 Å². The second kappa shape index (κ2) is 4.78. The maximum atomic E-state index is 4.61. The van der Waals surface area contributed by atoms with Crippen LogP contribution in [0.25, 0.3) is 0 Å². The van der Waals surface area contributed by atoms with Crippen molar-refractivity contribution in [1.29, 1.82) is 0 Å². The van der Waals surface area contributed by atoms with Gasteiger partial charge in [0.2, 0.25) is 0 Å². The number of hydrogen-bond donors (Lipinski definition) is 1. The van der Waals surface area contributed by atoms with E-state index in [4.69, 9.17) is 0 Å². The first-order valence-corrected chi connectivity index (χ1v) is 7.10. The molecule has 1 atom stereocenters. The van der Waals surface area contributed by atoms with Crippen LogP contribution in [0.5, 0.6) is 0 Å². The maximum absolute atomic E-state index is 4.61. The molecule has 3 rings (SSSR count). The Morgan fingerprint density at radius 2 is 2.39 bits per heavy atom. The molecule has 5 nitrogen and oxygen atoms in total. The minimum atomic E-state index is 0.375. The van der Waals surface area contributed by atoms with E-state index < -0.39 is 0 Å². The van der Waals surface area contributed by atoms with Gasteiger partial charge in [0.25, 0.3) is 0 Å². The number of nitrogens with zero attached hydrogens (tertiary/aromatic N) is 4. The Labute approximate surface area is 110 Å². The van der Waals surface area contributed by atoms with E-state index in [1.165, 1.54) is 17.8 Å². The lowest BCUT2D eigenvalue weighted by Crippen LogP contribution is -2.24. The molecule has 2 aromatic heterocycles. The molecular formula is C12H17N5S. The first-order chi connectivity index (χ1) is 8.74. The molecule has 2 aromatic rings. The molecule has 1 saturated carbocycles. The zero-order chi connectivity index (χ0) is 12.5. The number of aryl methyl sites for hydroxylation is 2. The molecule has 6 heteroatoms. The van der Waals surface area contributed by atoms with Crippen LogP contribution in [0, 0.1) is 12.8 Å². The van der Waals surface area contributed by atoms with Crippen LogP contribution in [0.1, 0.15) is 35.4 Å². The molecule has 0 saturated heterocycles. The average molecular weight is 263 g/mol. The summed E-state index contributed by atoms with van der Waals surface area (Å²) < 4.78 is 1.95. The molecule has 0 bridgehead atoms. The van der Waals surface area contributed by atoms with Crippen LogP contribution in [0.2, 0.25) is 0 Å². The maximum Gasteiger partial charge on any atom is 0.146 e. The predicted octanol–water partition coefficient (Wildman–Crippen LogP) is 1.82. The van der Waals surface area contributed by atoms with Crippen molar-refractivity contribution >= 4 is 11.3 Å². The first kappa shape index (κ1) is 11.8. The fourth-order valence-electron chi connectivity index (χ4n) is 2.07. The van der Waals surface area contributed by atoms with Gasteiger partial charge in [0.1, 0.15) is 17.2 Å². The third kappa shape index (κ3) is 2.44. The van der Waals surface area contributed by atoms with E-state index >= 15 is 0 Å². The highest BCUT2D eigenvalue weighted by atomic mass is 32.1. The molecule has 1 fully saturated rings. The summed E-state index contributed by atoms with van der Waals surface area (Å²) in [4.78, 5) is 4.61. The summed E-state index contributed by atoms with van der Waals surface area (Å²) in [5.74, 6) is 1.71. The number of thiazole rings is 1. The second-order valence-electron chi connectivity index (χ2n) is 4.88. The molecule has 1 aliphatic rings. The minimum Gasteiger partial charge on any atom is -0.320 e. The molecule has 0 amide bonds. The average Bonchev–Trinajstić information content (AvgIpc) is 2.97. The Balaban J connectivity index is 1.70. The molecule has 0 spiro atoms. The number of aromatic nitrogens is 4. The summed E-state index contributed by atoms with van der Waals surface area (Å²) in [5.41, 5.74) is 1.11. The van der Waals surface area contributed by atoms with Crippen LogP contribution >= 0.6 is 11.3 Å². The molecule has 18 heavy (non-hydrogen) atoms. The van der Waals surface area contributed by atoms with Crippen molar-refractivity contribution in [3.63, 3.8) is 0 Å². The zero-order valence-electron chi connectivity index (χ0n) is 10.6. The van der Waals surface area contributed by atoms with Gasteiger partial charge in [-0.1, -0.05) is 0 Å². The quantitative estimate of drug-likeness (QED) is 0.894. The third-order valence-corrected chi connectivity index (χ3v) is 4.33. The molecule has 0 radical (unpaired) electrons. The van der Waals surface area contributed by atoms with Crippen molar-refractivity contribution in [3.8, 4) is 0 Å². The van der Waals surface area contributed by atoms with E-state index in [1.54, 1.807) is 17.7 Å². The Morgan fingerprint density at radius 3 is 2.94 bits per heavy atom. The van der Waals surface area contributed by atoms with Gasteiger partial charge in [-0.15, -0.1) is 21.5 Å². The van der Waals surface area contributed by atoms with Crippen LogP contribution < -0.4 is 5.32 Å². The lowest BCUT2D eigenvalue weighted by atomic mass is 10.2. The van der Waals surface area contributed by atoms with Crippen LogP contribution in [0.3, 0.4) is 0 Å². The summed E-state index contributed by atoms with van der Waals surface area (Å²) in [7, 11) is 1.97. The van der Waals surface area contributed by atoms with Gasteiger partial charge >= 0.3 is 0 Å². The van der Waals surface area contributed by atoms with Crippen molar-refractivity contribution in [2.24, 2.45) is 13.0 Å². The molecule has 1 unspecified atom stereocenters. The summed E-state index contributed by atoms with van der Waals surface area (Å²) in [6, 6.07) is 0.375. The largest absolute Gasteiger partial charge is 0.320 e. The lowest BCUT2D eigenvalue weighted by molar-refractivity contribution is 0.465. The molecule has 2 heterocycles. The van der Waals surface area contributed by atoms with Crippen LogP contribution in [0.4, 0.5) is 0 Å². The lowest BCUT2D eigenvalue weighted by Gasteiger charge is -2.15. The summed E-state index contributed by atoms with van der Waals surface area (Å²) >= 11 is 1.75. The van der Waals surface area contributed by atoms with Crippen LogP contribution in [0.15, 0.2) is 11.7 Å². The normalized spacial score (nSPS) is 17.0. The van der Waals surface area contributed by atoms with Gasteiger partial charge in [-0.25, -0.2) is 4.98 Å². The SMILES string of the molecule is Cc1csc(C(NCc2nncn2C)C2CC2)n1. The predicted molar refractivity (Wildman–Crippen MR) is 70.2 cm³/mol. The van der Waals surface area contributed by atoms with E-state index in [1.807, 2.05) is 18.5 Å². The van der Waals surface area contributed by atoms with Gasteiger partial charge in [-0.2, -0.15) is 0 Å². The van der Waals surface area contributed by atoms with Gasteiger partial charge < -0.3 is 9.88 Å². The molecule has 0 aromatic carbocycles. The first-order valence-electron chi connectivity index (χ1n) is 6.22. The summed E-state index contributed by atoms with van der Waals surface area (Å²) in [6.07, 6.45) is 4.33. The second-order valence-corrected chi connectivity index (χ2v) is 5.77. The van der Waals surface area contributed by atoms with E-state index in [2.05, 4.69) is 25.9 Å². The smallest absolute Gasteiger partial charge is 0.146 e. The van der Waals surface area contributed by atoms with E-state index in [9.17, 15) is 0 Å². The monoisotopic (exact) mass is 263 g/mol. The highest BCUT2D eigenvalue weighted by Crippen LogP contribution is 2.41. The van der Waals surface area contributed by atoms with Gasteiger partial charge in [0.15, 0.2) is 0 Å². The Hall–Kier alpha value is -1.27. The van der Waals surface area contributed by atoms with Crippen molar-refractivity contribution < 1.29 is 0 Å². The molecular weight excluding hydrogens is 246 g/mol. The highest BCUT2D eigenvalue weighted by molar-refractivity contribution is 7.09. The standard InChI is InChI=1S/C12H17N5S/c1-8-6-18-12(15-8)11(9-3-4-9)13-5-10-16-14-7-17(10)2/h6-7,9,11,13H,3-5H2,1-2H3. The van der Waals surface area contributed by atoms with Crippen molar-refractivity contribution in [2.45, 2.75) is 32.4 Å². The van der Waals surface area contributed by atoms with Crippen LogP contribution in [-0.4, -0.2) is 19.7 Å². The van der Waals surface area contributed by atoms with Gasteiger partial charge in [0, 0.05) is 18.1 Å². The Morgan fingerprint density at radius 1 is 1.56 bits per heavy atom. The van der Waals surface area contributed by atoms with Crippen molar-refractivity contribution in [1.82, 2.24) is 25.1 Å². The van der Waals surface area contributed by atoms with Gasteiger partial charge in [-0.3, -0.25) is 0 Å². The topological polar surface area (TPSA) is 55.6 Å². The fraction of sp³-hybridized carbons (Fsp3) is 0.583. The molecule has 96 valence electrons. The third-order valence-electron chi connectivity index (χ3n) is 3.28. The van der Waals surface area contributed by atoms with E-state index in [0.29, 0.717) is 6.04 Å². The van der Waals surface area contributed by atoms with Crippen molar-refractivity contribution in [3.05, 3.63) is 28.2 Å². The fourth-order valence-corrected chi connectivity index (χ4v) is 3.03. The minimum absolute atomic E-state index is 0.375. The highest BCUT2D eigenvalue weighted by Gasteiger charge is 2.33.